The van der Waals surface area contributed by atoms with E-state index in [4.69, 9.17) is 5.11 Å². The van der Waals surface area contributed by atoms with E-state index in [9.17, 15) is 29.1 Å². The van der Waals surface area contributed by atoms with Crippen molar-refractivity contribution in [2.24, 2.45) is 11.3 Å². The van der Waals surface area contributed by atoms with E-state index in [-0.39, 0.29) is 29.7 Å². The van der Waals surface area contributed by atoms with Gasteiger partial charge in [-0.15, -0.1) is 0 Å². The average molecular weight is 682 g/mol. The molecule has 0 spiro atoms. The molecular formula is C32H49BrN4O7. The number of carbonyl (C=O) groups is 5. The van der Waals surface area contributed by atoms with E-state index in [0.717, 1.165) is 10.0 Å². The maximum Gasteiger partial charge on any atom is 0.326 e. The van der Waals surface area contributed by atoms with Crippen LogP contribution < -0.4 is 16.0 Å². The van der Waals surface area contributed by atoms with Crippen LogP contribution in [0.15, 0.2) is 40.4 Å². The molecule has 0 fully saturated rings. The highest BCUT2D eigenvalue weighted by Gasteiger charge is 2.41. The van der Waals surface area contributed by atoms with Gasteiger partial charge in [-0.05, 0) is 49.4 Å². The van der Waals surface area contributed by atoms with Crippen LogP contribution in [0.2, 0.25) is 0 Å². The van der Waals surface area contributed by atoms with Gasteiger partial charge in [-0.1, -0.05) is 82.6 Å². The van der Waals surface area contributed by atoms with E-state index in [1.54, 1.807) is 20.2 Å². The highest BCUT2D eigenvalue weighted by Crippen LogP contribution is 2.30. The minimum atomic E-state index is -1.37. The van der Waals surface area contributed by atoms with Crippen LogP contribution in [0.1, 0.15) is 73.8 Å². The van der Waals surface area contributed by atoms with Crippen LogP contribution in [-0.2, 0) is 29.4 Å². The molecule has 246 valence electrons. The molecule has 4 atom stereocenters. The van der Waals surface area contributed by atoms with Gasteiger partial charge in [0.15, 0.2) is 0 Å². The molecule has 0 saturated carbocycles. The Kier molecular flexibility index (Phi) is 14.3. The number of amides is 3. The lowest BCUT2D eigenvalue weighted by Gasteiger charge is -2.40. The minimum absolute atomic E-state index is 0.147. The van der Waals surface area contributed by atoms with Crippen LogP contribution in [0.4, 0.5) is 0 Å². The number of nitrogens with one attached hydrogen (secondary N) is 3. The predicted octanol–water partition coefficient (Wildman–Crippen LogP) is 3.71. The Bertz CT molecular complexity index is 1240. The number of likely N-dealkylation sites (N-methyl/N-ethyl adjacent to an activating group) is 2. The molecule has 12 heteroatoms. The molecule has 1 aromatic rings. The largest absolute Gasteiger partial charge is 0.481 e. The van der Waals surface area contributed by atoms with Crippen molar-refractivity contribution in [1.82, 2.24) is 20.9 Å². The van der Waals surface area contributed by atoms with E-state index < -0.39 is 59.3 Å². The Morgan fingerprint density at radius 2 is 1.59 bits per heavy atom. The van der Waals surface area contributed by atoms with E-state index in [2.05, 4.69) is 31.9 Å². The smallest absolute Gasteiger partial charge is 0.326 e. The van der Waals surface area contributed by atoms with E-state index in [1.807, 2.05) is 72.7 Å². The Labute approximate surface area is 269 Å². The van der Waals surface area contributed by atoms with Gasteiger partial charge in [-0.2, -0.15) is 0 Å². The number of nitrogens with zero attached hydrogens (tertiary/aromatic N) is 1. The number of carboxylic acids is 2. The number of carboxylic acid groups (broad SMARTS) is 2. The fraction of sp³-hybridized carbons (Fsp3) is 0.594. The Morgan fingerprint density at radius 3 is 2.05 bits per heavy atom. The number of halogens is 1. The molecule has 0 unspecified atom stereocenters. The third kappa shape index (κ3) is 10.7. The lowest BCUT2D eigenvalue weighted by Crippen LogP contribution is -2.61. The molecule has 1 aromatic carbocycles. The zero-order valence-electron chi connectivity index (χ0n) is 27.4. The Balaban J connectivity index is 3.30. The van der Waals surface area contributed by atoms with Crippen LogP contribution in [-0.4, -0.2) is 83.0 Å². The Morgan fingerprint density at radius 1 is 1.00 bits per heavy atom. The monoisotopic (exact) mass is 680 g/mol. The lowest BCUT2D eigenvalue weighted by atomic mass is 9.76. The molecule has 0 aliphatic carbocycles. The summed E-state index contributed by atoms with van der Waals surface area (Å²) in [7, 11) is 3.31. The van der Waals surface area contributed by atoms with Crippen LogP contribution in [0.5, 0.6) is 0 Å². The molecule has 0 bridgehead atoms. The number of hydrogen-bond acceptors (Lipinski definition) is 6. The first-order valence-electron chi connectivity index (χ1n) is 14.6. The van der Waals surface area contributed by atoms with Crippen LogP contribution >= 0.6 is 15.9 Å². The first kappa shape index (κ1) is 38.8. The molecule has 0 saturated heterocycles. The first-order chi connectivity index (χ1) is 20.1. The van der Waals surface area contributed by atoms with Crippen LogP contribution in [0.3, 0.4) is 0 Å². The zero-order valence-corrected chi connectivity index (χ0v) is 29.0. The van der Waals surface area contributed by atoms with Gasteiger partial charge in [0.05, 0.1) is 12.1 Å². The maximum atomic E-state index is 14.0. The predicted molar refractivity (Wildman–Crippen MR) is 173 cm³/mol. The van der Waals surface area contributed by atoms with Crippen LogP contribution in [0, 0.1) is 11.3 Å². The topological polar surface area (TPSA) is 165 Å². The second-order valence-electron chi connectivity index (χ2n) is 13.1. The number of hydrogen-bond donors (Lipinski definition) is 5. The summed E-state index contributed by atoms with van der Waals surface area (Å²) < 4.78 is 0.887. The lowest BCUT2D eigenvalue weighted by molar-refractivity contribution is -0.142. The number of rotatable bonds is 15. The van der Waals surface area contributed by atoms with Crippen molar-refractivity contribution in [1.29, 1.82) is 0 Å². The summed E-state index contributed by atoms with van der Waals surface area (Å²) in [6, 6.07) is 4.19. The van der Waals surface area contributed by atoms with Gasteiger partial charge >= 0.3 is 11.9 Å². The van der Waals surface area contributed by atoms with Gasteiger partial charge < -0.3 is 31.1 Å². The molecule has 0 radical (unpaired) electrons. The average Bonchev–Trinajstić information content (AvgIpc) is 2.90. The molecular weight excluding hydrogens is 632 g/mol. The highest BCUT2D eigenvalue weighted by molar-refractivity contribution is 9.10. The molecule has 44 heavy (non-hydrogen) atoms. The summed E-state index contributed by atoms with van der Waals surface area (Å²) in [5.41, 5.74) is -0.196. The number of benzene rings is 1. The maximum absolute atomic E-state index is 14.0. The van der Waals surface area contributed by atoms with E-state index in [0.29, 0.717) is 0 Å². The molecule has 1 rings (SSSR count). The minimum Gasteiger partial charge on any atom is -0.481 e. The van der Waals surface area contributed by atoms with Crippen molar-refractivity contribution in [2.45, 2.75) is 97.8 Å². The van der Waals surface area contributed by atoms with E-state index in [1.165, 1.54) is 11.8 Å². The molecule has 0 aliphatic rings. The van der Waals surface area contributed by atoms with Crippen LogP contribution in [0.25, 0.3) is 0 Å². The second kappa shape index (κ2) is 16.2. The van der Waals surface area contributed by atoms with Gasteiger partial charge in [0.1, 0.15) is 12.1 Å². The third-order valence-corrected chi connectivity index (χ3v) is 8.24. The second-order valence-corrected chi connectivity index (χ2v) is 14.0. The molecule has 0 aromatic heterocycles. The SMILES string of the molecule is CN[C@H](C(=O)N[C@H](C(=O)N(C)[C@H](/C=C(\C)C(=O)N[C@H](CCC(=O)O)C(=O)O)C(C)C)C(C)(C)C)C(C)(C)c1cccc(Br)c1. The fourth-order valence-electron chi connectivity index (χ4n) is 4.98. The van der Waals surface area contributed by atoms with Crippen molar-refractivity contribution < 1.29 is 34.2 Å². The van der Waals surface area contributed by atoms with Gasteiger partial charge in [0, 0.05) is 28.9 Å². The van der Waals surface area contributed by atoms with Crippen molar-refractivity contribution in [3.05, 3.63) is 46.0 Å². The van der Waals surface area contributed by atoms with Gasteiger partial charge in [0.25, 0.3) is 0 Å². The van der Waals surface area contributed by atoms with Crippen molar-refractivity contribution >= 4 is 45.6 Å². The number of carbonyl (C=O) groups excluding carboxylic acids is 3. The molecule has 0 aliphatic heterocycles. The zero-order chi connectivity index (χ0) is 34.2. The summed E-state index contributed by atoms with van der Waals surface area (Å²) in [4.78, 5) is 64.6. The summed E-state index contributed by atoms with van der Waals surface area (Å²) in [6.07, 6.45) is 0.900. The third-order valence-electron chi connectivity index (χ3n) is 7.75. The standard InChI is InChI=1S/C32H49BrN4O7/c1-18(2)23(16-19(3)27(40)35-22(30(43)44)14-15-24(38)39)37(10)29(42)26(31(4,5)6)36-28(41)25(34-9)32(7,8)20-12-11-13-21(33)17-20/h11-13,16-18,22-23,25-26,34H,14-15H2,1-10H3,(H,35,40)(H,36,41)(H,38,39)(H,43,44)/b19-16+/t22-,23-,25-,26-/m1/s1. The van der Waals surface area contributed by atoms with Crippen molar-refractivity contribution in [3.8, 4) is 0 Å². The van der Waals surface area contributed by atoms with Gasteiger partial charge in [0.2, 0.25) is 17.7 Å². The molecule has 5 N–H and O–H groups in total. The summed E-state index contributed by atoms with van der Waals surface area (Å²) >= 11 is 3.50. The van der Waals surface area contributed by atoms with Gasteiger partial charge in [-0.25, -0.2) is 4.79 Å². The Hall–Kier alpha value is -3.25. The molecule has 0 heterocycles. The first-order valence-corrected chi connectivity index (χ1v) is 15.4. The highest BCUT2D eigenvalue weighted by atomic mass is 79.9. The summed E-state index contributed by atoms with van der Waals surface area (Å²) in [5, 5.41) is 26.8. The van der Waals surface area contributed by atoms with Crippen molar-refractivity contribution in [2.75, 3.05) is 14.1 Å². The van der Waals surface area contributed by atoms with Gasteiger partial charge in [-0.3, -0.25) is 19.2 Å². The van der Waals surface area contributed by atoms with E-state index >= 15 is 0 Å². The normalized spacial score (nSPS) is 15.1. The molecule has 11 nitrogen and oxygen atoms in total. The van der Waals surface area contributed by atoms with Crippen molar-refractivity contribution in [3.63, 3.8) is 0 Å². The molecule has 3 amide bonds. The summed E-state index contributed by atoms with van der Waals surface area (Å²) in [6.45, 7) is 14.8. The quantitative estimate of drug-likeness (QED) is 0.175. The number of aliphatic carboxylic acids is 2. The fourth-order valence-corrected chi connectivity index (χ4v) is 5.38. The summed E-state index contributed by atoms with van der Waals surface area (Å²) in [5.74, 6) is -4.03.